The summed E-state index contributed by atoms with van der Waals surface area (Å²) in [6, 6.07) is 1.84. The average Bonchev–Trinajstić information content (AvgIpc) is 2.90. The SMILES string of the molecule is CCc1csc(CNC(=O)c2c(C)cc(C)n(C)c2=O)n1. The van der Waals surface area contributed by atoms with Crippen molar-refractivity contribution in [3.8, 4) is 0 Å². The third-order valence-electron chi connectivity index (χ3n) is 3.46. The van der Waals surface area contributed by atoms with Crippen molar-refractivity contribution in [2.45, 2.75) is 33.7 Å². The number of hydrogen-bond acceptors (Lipinski definition) is 4. The Labute approximate surface area is 127 Å². The van der Waals surface area contributed by atoms with E-state index in [9.17, 15) is 9.59 Å². The Morgan fingerprint density at radius 2 is 2.14 bits per heavy atom. The average molecular weight is 305 g/mol. The van der Waals surface area contributed by atoms with Gasteiger partial charge in [0.1, 0.15) is 10.6 Å². The summed E-state index contributed by atoms with van der Waals surface area (Å²) in [5, 5.41) is 5.61. The molecule has 112 valence electrons. The van der Waals surface area contributed by atoms with Crippen molar-refractivity contribution < 1.29 is 4.79 Å². The predicted molar refractivity (Wildman–Crippen MR) is 83.8 cm³/mol. The van der Waals surface area contributed by atoms with Gasteiger partial charge in [-0.3, -0.25) is 9.59 Å². The quantitative estimate of drug-likeness (QED) is 0.939. The second-order valence-corrected chi connectivity index (χ2v) is 5.92. The molecule has 0 aromatic carbocycles. The van der Waals surface area contributed by atoms with E-state index < -0.39 is 0 Å². The number of rotatable bonds is 4. The van der Waals surface area contributed by atoms with E-state index in [1.807, 2.05) is 25.3 Å². The van der Waals surface area contributed by atoms with Crippen LogP contribution in [0.1, 0.15) is 39.2 Å². The van der Waals surface area contributed by atoms with Gasteiger partial charge in [-0.25, -0.2) is 4.98 Å². The highest BCUT2D eigenvalue weighted by atomic mass is 32.1. The number of aryl methyl sites for hydroxylation is 3. The normalized spacial score (nSPS) is 10.7. The van der Waals surface area contributed by atoms with Crippen LogP contribution in [0.4, 0.5) is 0 Å². The van der Waals surface area contributed by atoms with Gasteiger partial charge in [0.05, 0.1) is 12.2 Å². The molecular formula is C15H19N3O2S. The van der Waals surface area contributed by atoms with E-state index in [4.69, 9.17) is 0 Å². The van der Waals surface area contributed by atoms with E-state index >= 15 is 0 Å². The molecule has 0 saturated heterocycles. The second kappa shape index (κ2) is 6.22. The first-order chi connectivity index (χ1) is 9.93. The van der Waals surface area contributed by atoms with Gasteiger partial charge in [0.15, 0.2) is 0 Å². The number of pyridine rings is 1. The van der Waals surface area contributed by atoms with E-state index in [0.29, 0.717) is 12.1 Å². The maximum Gasteiger partial charge on any atom is 0.263 e. The highest BCUT2D eigenvalue weighted by Gasteiger charge is 2.16. The van der Waals surface area contributed by atoms with Crippen LogP contribution in [0.5, 0.6) is 0 Å². The molecule has 0 aliphatic carbocycles. The van der Waals surface area contributed by atoms with Crippen LogP contribution >= 0.6 is 11.3 Å². The highest BCUT2D eigenvalue weighted by molar-refractivity contribution is 7.09. The van der Waals surface area contributed by atoms with Gasteiger partial charge in [0.25, 0.3) is 11.5 Å². The van der Waals surface area contributed by atoms with Crippen molar-refractivity contribution in [1.29, 1.82) is 0 Å². The molecule has 1 amide bonds. The smallest absolute Gasteiger partial charge is 0.263 e. The number of aromatic nitrogens is 2. The van der Waals surface area contributed by atoms with Crippen LogP contribution in [0.15, 0.2) is 16.2 Å². The van der Waals surface area contributed by atoms with E-state index in [-0.39, 0.29) is 17.0 Å². The number of hydrogen-bond donors (Lipinski definition) is 1. The standard InChI is InChI=1S/C15H19N3O2S/c1-5-11-8-21-12(17-11)7-16-14(19)13-9(2)6-10(3)18(4)15(13)20/h6,8H,5,7H2,1-4H3,(H,16,19). The zero-order chi connectivity index (χ0) is 15.6. The summed E-state index contributed by atoms with van der Waals surface area (Å²) in [4.78, 5) is 28.8. The number of carbonyl (C=O) groups is 1. The summed E-state index contributed by atoms with van der Waals surface area (Å²) in [6.45, 7) is 6.01. The monoisotopic (exact) mass is 305 g/mol. The van der Waals surface area contributed by atoms with Crippen molar-refractivity contribution in [2.75, 3.05) is 0 Å². The number of nitrogens with one attached hydrogen (secondary N) is 1. The molecule has 0 unspecified atom stereocenters. The van der Waals surface area contributed by atoms with E-state index in [1.165, 1.54) is 15.9 Å². The van der Waals surface area contributed by atoms with Gasteiger partial charge in [0.2, 0.25) is 0 Å². The Kier molecular flexibility index (Phi) is 4.57. The van der Waals surface area contributed by atoms with Gasteiger partial charge in [-0.1, -0.05) is 6.92 Å². The molecule has 2 aromatic heterocycles. The third kappa shape index (κ3) is 3.21. The first-order valence-electron chi connectivity index (χ1n) is 6.82. The predicted octanol–water partition coefficient (Wildman–Crippen LogP) is 1.95. The zero-order valence-corrected chi connectivity index (χ0v) is 13.5. The maximum absolute atomic E-state index is 12.3. The number of carbonyl (C=O) groups excluding carboxylic acids is 1. The summed E-state index contributed by atoms with van der Waals surface area (Å²) in [6.07, 6.45) is 0.877. The van der Waals surface area contributed by atoms with Gasteiger partial charge in [0, 0.05) is 18.1 Å². The molecule has 0 saturated carbocycles. The maximum atomic E-state index is 12.3. The van der Waals surface area contributed by atoms with Gasteiger partial charge < -0.3 is 9.88 Å². The van der Waals surface area contributed by atoms with Gasteiger partial charge in [-0.15, -0.1) is 11.3 Å². The highest BCUT2D eigenvalue weighted by Crippen LogP contribution is 2.10. The van der Waals surface area contributed by atoms with Crippen molar-refractivity contribution in [1.82, 2.24) is 14.9 Å². The van der Waals surface area contributed by atoms with Crippen molar-refractivity contribution in [2.24, 2.45) is 7.05 Å². The molecule has 6 heteroatoms. The molecule has 0 aliphatic heterocycles. The zero-order valence-electron chi connectivity index (χ0n) is 12.7. The van der Waals surface area contributed by atoms with Crippen LogP contribution in [0, 0.1) is 13.8 Å². The molecular weight excluding hydrogens is 286 g/mol. The Bertz CT molecular complexity index is 731. The Morgan fingerprint density at radius 3 is 2.76 bits per heavy atom. The molecule has 0 spiro atoms. The minimum absolute atomic E-state index is 0.204. The fourth-order valence-corrected chi connectivity index (χ4v) is 2.91. The van der Waals surface area contributed by atoms with Crippen LogP contribution in [0.2, 0.25) is 0 Å². The van der Waals surface area contributed by atoms with E-state index in [2.05, 4.69) is 10.3 Å². The number of nitrogens with zero attached hydrogens (tertiary/aromatic N) is 2. The molecule has 0 bridgehead atoms. The lowest BCUT2D eigenvalue weighted by Gasteiger charge is -2.10. The van der Waals surface area contributed by atoms with E-state index in [0.717, 1.165) is 22.8 Å². The van der Waals surface area contributed by atoms with Crippen molar-refractivity contribution in [3.05, 3.63) is 49.3 Å². The molecule has 21 heavy (non-hydrogen) atoms. The molecule has 0 aliphatic rings. The first-order valence-corrected chi connectivity index (χ1v) is 7.70. The molecule has 5 nitrogen and oxygen atoms in total. The molecule has 0 fully saturated rings. The topological polar surface area (TPSA) is 64.0 Å². The summed E-state index contributed by atoms with van der Waals surface area (Å²) >= 11 is 1.52. The van der Waals surface area contributed by atoms with Gasteiger partial charge in [-0.05, 0) is 31.9 Å². The fourth-order valence-electron chi connectivity index (χ4n) is 2.09. The largest absolute Gasteiger partial charge is 0.345 e. The second-order valence-electron chi connectivity index (χ2n) is 4.98. The lowest BCUT2D eigenvalue weighted by molar-refractivity contribution is 0.0948. The van der Waals surface area contributed by atoms with Crippen LogP contribution in [0.3, 0.4) is 0 Å². The van der Waals surface area contributed by atoms with Crippen LogP contribution in [0.25, 0.3) is 0 Å². The van der Waals surface area contributed by atoms with Crippen LogP contribution in [-0.4, -0.2) is 15.5 Å². The summed E-state index contributed by atoms with van der Waals surface area (Å²) < 4.78 is 1.49. The molecule has 2 aromatic rings. The molecule has 2 rings (SSSR count). The lowest BCUT2D eigenvalue weighted by atomic mass is 10.1. The summed E-state index contributed by atoms with van der Waals surface area (Å²) in [5.41, 5.74) is 2.49. The third-order valence-corrected chi connectivity index (χ3v) is 4.35. The van der Waals surface area contributed by atoms with E-state index in [1.54, 1.807) is 14.0 Å². The fraction of sp³-hybridized carbons (Fsp3) is 0.400. The molecule has 1 N–H and O–H groups in total. The minimum Gasteiger partial charge on any atom is -0.345 e. The lowest BCUT2D eigenvalue weighted by Crippen LogP contribution is -2.33. The van der Waals surface area contributed by atoms with Crippen molar-refractivity contribution in [3.63, 3.8) is 0 Å². The Balaban J connectivity index is 2.17. The van der Waals surface area contributed by atoms with Gasteiger partial charge >= 0.3 is 0 Å². The van der Waals surface area contributed by atoms with Crippen LogP contribution in [-0.2, 0) is 20.0 Å². The van der Waals surface area contributed by atoms with Gasteiger partial charge in [-0.2, -0.15) is 0 Å². The molecule has 0 radical (unpaired) electrons. The first kappa shape index (κ1) is 15.4. The summed E-state index contributed by atoms with van der Waals surface area (Å²) in [5.74, 6) is -0.346. The minimum atomic E-state index is -0.346. The number of thiazole rings is 1. The van der Waals surface area contributed by atoms with Crippen molar-refractivity contribution >= 4 is 17.2 Å². The Morgan fingerprint density at radius 1 is 1.43 bits per heavy atom. The molecule has 0 atom stereocenters. The summed E-state index contributed by atoms with van der Waals surface area (Å²) in [7, 11) is 1.67. The molecule has 2 heterocycles. The Hall–Kier alpha value is -1.95. The van der Waals surface area contributed by atoms with Crippen LogP contribution < -0.4 is 10.9 Å². The number of amides is 1.